The molecule has 1 aliphatic rings. The van der Waals surface area contributed by atoms with Gasteiger partial charge in [0.25, 0.3) is 0 Å². The van der Waals surface area contributed by atoms with Crippen LogP contribution in [0.15, 0.2) is 34.8 Å². The summed E-state index contributed by atoms with van der Waals surface area (Å²) in [6, 6.07) is 0. The van der Waals surface area contributed by atoms with Gasteiger partial charge in [-0.25, -0.2) is 24.1 Å². The second-order valence-electron chi connectivity index (χ2n) is 11.9. The average molecular weight is 846 g/mol. The molecule has 3 rings (SSSR count). The Kier molecular flexibility index (Phi) is 16.4. The summed E-state index contributed by atoms with van der Waals surface area (Å²) in [5, 5.41) is 45.5. The third-order valence-corrected chi connectivity index (χ3v) is 11.0. The number of ether oxygens (including phenoxy) is 1. The van der Waals surface area contributed by atoms with Crippen LogP contribution in [0.1, 0.15) is 39.8 Å². The lowest BCUT2D eigenvalue weighted by Gasteiger charge is -2.34. The first-order chi connectivity index (χ1) is 25.1. The molecule has 0 spiro atoms. The summed E-state index contributed by atoms with van der Waals surface area (Å²) in [6.45, 7) is 1.88. The van der Waals surface area contributed by atoms with Crippen molar-refractivity contribution in [1.82, 2.24) is 19.5 Å². The number of rotatable bonds is 21. The van der Waals surface area contributed by atoms with E-state index in [1.807, 2.05) is 6.92 Å². The van der Waals surface area contributed by atoms with E-state index in [1.54, 1.807) is 6.08 Å². The highest BCUT2D eigenvalue weighted by Crippen LogP contribution is 2.61. The van der Waals surface area contributed by atoms with Gasteiger partial charge in [0.05, 0.1) is 33.5 Å². The number of carbonyl (C=O) groups excluding carboxylic acids is 1. The second kappa shape index (κ2) is 19.4. The molecular weight excluding hydrogens is 807 g/mol. The van der Waals surface area contributed by atoms with Gasteiger partial charge in [0.1, 0.15) is 30.2 Å². The molecule has 7 atom stereocenters. The summed E-state index contributed by atoms with van der Waals surface area (Å²) in [6.07, 6.45) is -3.71. The van der Waals surface area contributed by atoms with Gasteiger partial charge in [0, 0.05) is 24.3 Å². The third-order valence-electron chi connectivity index (χ3n) is 7.11. The zero-order valence-corrected chi connectivity index (χ0v) is 32.3. The maximum Gasteiger partial charge on any atom is 0.481 e. The van der Waals surface area contributed by atoms with Gasteiger partial charge in [-0.2, -0.15) is 4.31 Å². The second-order valence-corrected chi connectivity index (χ2v) is 17.1. The number of nitrogen functional groups attached to an aromatic ring is 1. The van der Waals surface area contributed by atoms with Crippen molar-refractivity contribution < 1.29 is 81.1 Å². The van der Waals surface area contributed by atoms with Crippen molar-refractivity contribution in [3.63, 3.8) is 0 Å². The van der Waals surface area contributed by atoms with Crippen LogP contribution < -0.4 is 25.7 Å². The molecule has 28 heteroatoms. The summed E-state index contributed by atoms with van der Waals surface area (Å²) in [5.41, 5.74) is 4.13. The number of carbonyl (C=O) groups is 1. The third kappa shape index (κ3) is 13.8. The van der Waals surface area contributed by atoms with Gasteiger partial charge < -0.3 is 69.5 Å². The highest BCUT2D eigenvalue weighted by Gasteiger charge is 2.48. The van der Waals surface area contributed by atoms with Crippen molar-refractivity contribution in [3.05, 3.63) is 24.8 Å². The van der Waals surface area contributed by atoms with E-state index >= 15 is 0 Å². The van der Waals surface area contributed by atoms with E-state index < -0.39 is 84.5 Å². The Labute approximate surface area is 311 Å². The lowest BCUT2D eigenvalue weighted by atomic mass is 9.87. The van der Waals surface area contributed by atoms with E-state index in [0.29, 0.717) is 6.42 Å². The van der Waals surface area contributed by atoms with Crippen molar-refractivity contribution in [2.75, 3.05) is 37.8 Å². The Hall–Kier alpha value is -2.70. The molecule has 304 valence electrons. The minimum atomic E-state index is -5.82. The van der Waals surface area contributed by atoms with E-state index in [0.717, 1.165) is 29.0 Å². The van der Waals surface area contributed by atoms with Gasteiger partial charge in [-0.05, 0) is 30.7 Å². The average Bonchev–Trinajstić information content (AvgIpc) is 3.63. The molecule has 24 nitrogen and oxygen atoms in total. The summed E-state index contributed by atoms with van der Waals surface area (Å²) in [5.74, 6) is -1.53. The van der Waals surface area contributed by atoms with Crippen LogP contribution in [0.2, 0.25) is 0 Å². The molecule has 2 aromatic rings. The summed E-state index contributed by atoms with van der Waals surface area (Å²) in [4.78, 5) is 73.7. The summed E-state index contributed by atoms with van der Waals surface area (Å²) < 4.78 is 61.2. The Morgan fingerprint density at radius 2 is 1.83 bits per heavy atom. The molecule has 0 radical (unpaired) electrons. The molecular formula is C26H38N7O17P3S-4. The number of phosphoric ester groups is 3. The Bertz CT molecular complexity index is 1840. The molecule has 0 aromatic carbocycles. The minimum Gasteiger partial charge on any atom is -0.862 e. The molecule has 3 heterocycles. The number of nitrogens with zero attached hydrogens (tertiary/aromatic N) is 6. The number of anilines is 1. The van der Waals surface area contributed by atoms with Crippen LogP contribution in [0.5, 0.6) is 0 Å². The smallest absolute Gasteiger partial charge is 0.481 e. The molecule has 0 saturated carbocycles. The number of hydrogen-bond acceptors (Lipinski definition) is 22. The van der Waals surface area contributed by atoms with Crippen LogP contribution in [0.25, 0.3) is 11.2 Å². The van der Waals surface area contributed by atoms with Gasteiger partial charge in [-0.1, -0.05) is 38.6 Å². The van der Waals surface area contributed by atoms with Crippen LogP contribution in [0, 0.1) is 5.41 Å². The van der Waals surface area contributed by atoms with Gasteiger partial charge in [-0.15, -0.1) is 0 Å². The first kappa shape index (κ1) is 45.7. The van der Waals surface area contributed by atoms with Crippen LogP contribution >= 0.6 is 35.2 Å². The topological polar surface area (TPSA) is 382 Å². The summed E-state index contributed by atoms with van der Waals surface area (Å²) in [7, 11) is -17.0. The van der Waals surface area contributed by atoms with Crippen LogP contribution in [0.4, 0.5) is 5.82 Å². The van der Waals surface area contributed by atoms with Crippen molar-refractivity contribution in [2.24, 2.45) is 15.4 Å². The number of thioether (sulfide) groups is 1. The van der Waals surface area contributed by atoms with Gasteiger partial charge in [0.2, 0.25) is 5.12 Å². The van der Waals surface area contributed by atoms with Crippen molar-refractivity contribution in [1.29, 1.82) is 0 Å². The zero-order chi connectivity index (χ0) is 40.5. The number of hydrogen-bond donors (Lipinski definition) is 5. The monoisotopic (exact) mass is 845 g/mol. The molecule has 2 aromatic heterocycles. The maximum atomic E-state index is 12.6. The number of aliphatic hydroxyl groups is 2. The van der Waals surface area contributed by atoms with Crippen molar-refractivity contribution >= 4 is 69.1 Å². The highest BCUT2D eigenvalue weighted by atomic mass is 32.2. The largest absolute Gasteiger partial charge is 0.862 e. The van der Waals surface area contributed by atoms with E-state index in [1.165, 1.54) is 19.9 Å². The SMILES string of the molecule is CCC=CC(=O)SCCN=C([O-])CCN=C([O-])[C@H](O)C(C)(C)COP(=O)(O)OP(=O)(O)OC[C@H]1O[C@@H](n2cnc3c(N)ncnc32)[C@H](O)[C@@H]1OP(=O)([O-])[O-]. The molecule has 0 amide bonds. The van der Waals surface area contributed by atoms with Crippen molar-refractivity contribution in [2.45, 2.75) is 64.3 Å². The fourth-order valence-electron chi connectivity index (χ4n) is 4.43. The van der Waals surface area contributed by atoms with Crippen LogP contribution in [0.3, 0.4) is 0 Å². The number of allylic oxidation sites excluding steroid dienone is 1. The molecule has 6 N–H and O–H groups in total. The lowest BCUT2D eigenvalue weighted by Crippen LogP contribution is -2.45. The van der Waals surface area contributed by atoms with E-state index in [-0.39, 0.29) is 47.4 Å². The highest BCUT2D eigenvalue weighted by molar-refractivity contribution is 8.14. The number of aliphatic imine (C=N–C) groups is 2. The molecule has 0 aliphatic carbocycles. The normalized spacial score (nSPS) is 23.1. The van der Waals surface area contributed by atoms with Gasteiger partial charge >= 0.3 is 15.6 Å². The predicted octanol–water partition coefficient (Wildman–Crippen LogP) is -2.35. The standard InChI is InChI=1S/C26H42N7O17P3S/c1-4-5-6-17(35)54-10-9-28-16(34)7-8-29-24(38)21(37)26(2,3)12-47-53(44,45)50-52(42,43)46-11-15-20(49-51(39,40)41)19(36)25(48-15)33-14-32-18-22(27)30-13-31-23(18)33/h5-6,13-15,19-21,25,36-37H,4,7-12H2,1-3H3,(H,28,34)(H,29,38)(H,42,43)(H,44,45)(H2,27,30,31)(H2,39,40,41)/p-4/t15-,19-,20-,21+,25-/m1/s1. The number of nitrogens with two attached hydrogens (primary N) is 1. The number of aliphatic hydroxyl groups excluding tert-OH is 2. The summed E-state index contributed by atoms with van der Waals surface area (Å²) >= 11 is 0.981. The van der Waals surface area contributed by atoms with Crippen LogP contribution in [-0.4, -0.2) is 113 Å². The molecule has 0 bridgehead atoms. The number of imidazole rings is 1. The van der Waals surface area contributed by atoms with Crippen LogP contribution in [-0.2, 0) is 41.1 Å². The first-order valence-corrected chi connectivity index (χ1v) is 21.1. The fraction of sp³-hybridized carbons (Fsp3) is 0.615. The predicted molar refractivity (Wildman–Crippen MR) is 181 cm³/mol. The van der Waals surface area contributed by atoms with E-state index in [2.05, 4.69) is 38.3 Å². The lowest BCUT2D eigenvalue weighted by molar-refractivity contribution is -0.347. The molecule has 54 heavy (non-hydrogen) atoms. The molecule has 1 saturated heterocycles. The minimum absolute atomic E-state index is 0.00416. The van der Waals surface area contributed by atoms with Gasteiger partial charge in [0.15, 0.2) is 17.7 Å². The molecule has 2 unspecified atom stereocenters. The zero-order valence-electron chi connectivity index (χ0n) is 28.8. The number of aromatic nitrogens is 4. The van der Waals surface area contributed by atoms with Crippen molar-refractivity contribution in [3.8, 4) is 0 Å². The van der Waals surface area contributed by atoms with Gasteiger partial charge in [-0.3, -0.25) is 18.4 Å². The van der Waals surface area contributed by atoms with E-state index in [9.17, 15) is 58.5 Å². The van der Waals surface area contributed by atoms with E-state index in [4.69, 9.17) is 15.0 Å². The maximum absolute atomic E-state index is 12.6. The molecule has 1 aliphatic heterocycles. The Morgan fingerprint density at radius 1 is 1.15 bits per heavy atom. The number of phosphoric acid groups is 3. The molecule has 1 fully saturated rings. The Balaban J connectivity index is 1.55. The Morgan fingerprint density at radius 3 is 2.50 bits per heavy atom. The number of fused-ring (bicyclic) bond motifs is 1. The fourth-order valence-corrected chi connectivity index (χ4v) is 7.82. The quantitative estimate of drug-likeness (QED) is 0.0289. The first-order valence-electron chi connectivity index (χ1n) is 15.6.